The molecule has 0 aliphatic rings. The van der Waals surface area contributed by atoms with Gasteiger partial charge in [-0.3, -0.25) is 9.13 Å². The predicted octanol–water partition coefficient (Wildman–Crippen LogP) is 2.23. The lowest BCUT2D eigenvalue weighted by molar-refractivity contribution is 0.415. The van der Waals surface area contributed by atoms with Crippen LogP contribution in [0.5, 0.6) is 5.75 Å². The van der Waals surface area contributed by atoms with Gasteiger partial charge in [0.25, 0.3) is 0 Å². The molecule has 0 fully saturated rings. The Morgan fingerprint density at radius 3 is 2.57 bits per heavy atom. The molecule has 21 heavy (non-hydrogen) atoms. The van der Waals surface area contributed by atoms with Crippen LogP contribution in [0.25, 0.3) is 16.7 Å². The highest BCUT2D eigenvalue weighted by Gasteiger charge is 2.14. The van der Waals surface area contributed by atoms with E-state index in [9.17, 15) is 4.79 Å². The molecule has 5 nitrogen and oxygen atoms in total. The largest absolute Gasteiger partial charge is 0.497 e. The molecule has 0 aliphatic heterocycles. The molecule has 0 unspecified atom stereocenters. The first-order valence-electron chi connectivity index (χ1n) is 6.65. The Balaban J connectivity index is 2.44. The molecule has 3 rings (SSSR count). The Bertz CT molecular complexity index is 890. The Hall–Kier alpha value is -2.69. The number of aromatic nitrogens is 2. The van der Waals surface area contributed by atoms with E-state index in [2.05, 4.69) is 0 Å². The molecular formula is C16H17N3O2. The van der Waals surface area contributed by atoms with E-state index in [1.807, 2.05) is 43.3 Å². The van der Waals surface area contributed by atoms with E-state index in [1.165, 1.54) is 0 Å². The lowest BCUT2D eigenvalue weighted by Gasteiger charge is -2.09. The highest BCUT2D eigenvalue weighted by molar-refractivity contribution is 5.80. The number of aryl methyl sites for hydroxylation is 2. The van der Waals surface area contributed by atoms with E-state index in [4.69, 9.17) is 10.5 Å². The molecule has 0 amide bonds. The van der Waals surface area contributed by atoms with Gasteiger partial charge in [-0.2, -0.15) is 0 Å². The zero-order valence-electron chi connectivity index (χ0n) is 12.3. The fraction of sp³-hybridized carbons (Fsp3) is 0.188. The van der Waals surface area contributed by atoms with Crippen LogP contribution in [0.2, 0.25) is 0 Å². The smallest absolute Gasteiger partial charge is 0.333 e. The number of benzene rings is 2. The molecule has 0 spiro atoms. The number of nitrogen functional groups attached to an aromatic ring is 1. The predicted molar refractivity (Wildman–Crippen MR) is 84.2 cm³/mol. The summed E-state index contributed by atoms with van der Waals surface area (Å²) in [6, 6.07) is 11.1. The molecular weight excluding hydrogens is 266 g/mol. The quantitative estimate of drug-likeness (QED) is 0.734. The number of nitrogens with zero attached hydrogens (tertiary/aromatic N) is 2. The van der Waals surface area contributed by atoms with Gasteiger partial charge in [-0.05, 0) is 36.8 Å². The van der Waals surface area contributed by atoms with E-state index >= 15 is 0 Å². The van der Waals surface area contributed by atoms with Crippen molar-refractivity contribution in [2.24, 2.45) is 7.05 Å². The summed E-state index contributed by atoms with van der Waals surface area (Å²) in [7, 11) is 3.37. The van der Waals surface area contributed by atoms with Gasteiger partial charge in [0.2, 0.25) is 0 Å². The lowest BCUT2D eigenvalue weighted by atomic mass is 10.1. The number of nitrogens with two attached hydrogens (primary N) is 1. The molecule has 0 saturated heterocycles. The highest BCUT2D eigenvalue weighted by atomic mass is 16.5. The first kappa shape index (κ1) is 13.3. The Morgan fingerprint density at radius 1 is 1.10 bits per heavy atom. The van der Waals surface area contributed by atoms with Crippen molar-refractivity contribution in [1.82, 2.24) is 9.13 Å². The molecule has 0 saturated carbocycles. The maximum absolute atomic E-state index is 12.6. The highest BCUT2D eigenvalue weighted by Crippen LogP contribution is 2.24. The van der Waals surface area contributed by atoms with Gasteiger partial charge in [0, 0.05) is 18.8 Å². The van der Waals surface area contributed by atoms with Gasteiger partial charge in [0.1, 0.15) is 5.75 Å². The van der Waals surface area contributed by atoms with E-state index in [-0.39, 0.29) is 5.69 Å². The van der Waals surface area contributed by atoms with E-state index in [1.54, 1.807) is 23.3 Å². The van der Waals surface area contributed by atoms with Crippen molar-refractivity contribution in [1.29, 1.82) is 0 Å². The summed E-state index contributed by atoms with van der Waals surface area (Å²) < 4.78 is 8.56. The number of anilines is 1. The summed E-state index contributed by atoms with van der Waals surface area (Å²) in [6.07, 6.45) is 0. The standard InChI is InChI=1S/C16H17N3O2/c1-10-4-5-11(17)8-14(10)19-15-9-12(21-3)6-7-13(15)18(2)16(19)20/h4-9H,17H2,1-3H3. The van der Waals surface area contributed by atoms with Gasteiger partial charge >= 0.3 is 5.69 Å². The van der Waals surface area contributed by atoms with Crippen molar-refractivity contribution in [2.75, 3.05) is 12.8 Å². The third-order valence-corrected chi connectivity index (χ3v) is 3.74. The number of fused-ring (bicyclic) bond motifs is 1. The molecule has 0 bridgehead atoms. The molecule has 2 N–H and O–H groups in total. The molecule has 1 heterocycles. The van der Waals surface area contributed by atoms with Crippen LogP contribution in [0.4, 0.5) is 5.69 Å². The first-order chi connectivity index (χ1) is 10.0. The summed E-state index contributed by atoms with van der Waals surface area (Å²) >= 11 is 0. The fourth-order valence-corrected chi connectivity index (χ4v) is 2.55. The summed E-state index contributed by atoms with van der Waals surface area (Å²) in [5, 5.41) is 0. The average Bonchev–Trinajstić information content (AvgIpc) is 2.73. The minimum absolute atomic E-state index is 0.105. The molecule has 2 aromatic carbocycles. The zero-order chi connectivity index (χ0) is 15.1. The molecule has 1 aromatic heterocycles. The van der Waals surface area contributed by atoms with Gasteiger partial charge in [-0.25, -0.2) is 4.79 Å². The summed E-state index contributed by atoms with van der Waals surface area (Å²) in [6.45, 7) is 1.96. The van der Waals surface area contributed by atoms with Crippen molar-refractivity contribution < 1.29 is 4.74 Å². The Kier molecular flexibility index (Phi) is 2.97. The number of rotatable bonds is 2. The zero-order valence-corrected chi connectivity index (χ0v) is 12.3. The third-order valence-electron chi connectivity index (χ3n) is 3.74. The monoisotopic (exact) mass is 283 g/mol. The van der Waals surface area contributed by atoms with Crippen LogP contribution in [0.15, 0.2) is 41.2 Å². The van der Waals surface area contributed by atoms with Crippen LogP contribution in [-0.2, 0) is 7.05 Å². The van der Waals surface area contributed by atoms with Gasteiger partial charge in [0.05, 0.1) is 23.8 Å². The molecule has 0 atom stereocenters. The molecule has 108 valence electrons. The van der Waals surface area contributed by atoms with Crippen LogP contribution in [-0.4, -0.2) is 16.2 Å². The maximum Gasteiger partial charge on any atom is 0.333 e. The molecule has 0 radical (unpaired) electrons. The van der Waals surface area contributed by atoms with Gasteiger partial charge in [0.15, 0.2) is 0 Å². The van der Waals surface area contributed by atoms with Crippen LogP contribution >= 0.6 is 0 Å². The number of hydrogen-bond donors (Lipinski definition) is 1. The average molecular weight is 283 g/mol. The van der Waals surface area contributed by atoms with Gasteiger partial charge in [-0.1, -0.05) is 6.07 Å². The number of hydrogen-bond acceptors (Lipinski definition) is 3. The van der Waals surface area contributed by atoms with E-state index < -0.39 is 0 Å². The van der Waals surface area contributed by atoms with Crippen molar-refractivity contribution in [3.8, 4) is 11.4 Å². The summed E-state index contributed by atoms with van der Waals surface area (Å²) in [5.74, 6) is 0.711. The second-order valence-electron chi connectivity index (χ2n) is 5.08. The van der Waals surface area contributed by atoms with Gasteiger partial charge < -0.3 is 10.5 Å². The molecule has 0 aliphatic carbocycles. The number of methoxy groups -OCH3 is 1. The molecule has 3 aromatic rings. The minimum atomic E-state index is -0.105. The second-order valence-corrected chi connectivity index (χ2v) is 5.08. The van der Waals surface area contributed by atoms with Crippen LogP contribution in [0.1, 0.15) is 5.56 Å². The van der Waals surface area contributed by atoms with E-state index in [0.717, 1.165) is 22.3 Å². The van der Waals surface area contributed by atoms with Crippen LogP contribution < -0.4 is 16.2 Å². The van der Waals surface area contributed by atoms with Crippen LogP contribution in [0.3, 0.4) is 0 Å². The SMILES string of the molecule is COc1ccc2c(c1)n(-c1cc(N)ccc1C)c(=O)n2C. The topological polar surface area (TPSA) is 62.2 Å². The van der Waals surface area contributed by atoms with Gasteiger partial charge in [-0.15, -0.1) is 0 Å². The number of ether oxygens (including phenoxy) is 1. The summed E-state index contributed by atoms with van der Waals surface area (Å²) in [5.41, 5.74) is 9.83. The molecule has 5 heteroatoms. The van der Waals surface area contributed by atoms with Crippen molar-refractivity contribution in [3.63, 3.8) is 0 Å². The second kappa shape index (κ2) is 4.70. The Morgan fingerprint density at radius 2 is 1.86 bits per heavy atom. The third kappa shape index (κ3) is 1.98. The minimum Gasteiger partial charge on any atom is -0.497 e. The normalized spacial score (nSPS) is 11.0. The van der Waals surface area contributed by atoms with Crippen molar-refractivity contribution in [2.45, 2.75) is 6.92 Å². The fourth-order valence-electron chi connectivity index (χ4n) is 2.55. The summed E-state index contributed by atoms with van der Waals surface area (Å²) in [4.78, 5) is 12.6. The van der Waals surface area contributed by atoms with Crippen molar-refractivity contribution >= 4 is 16.7 Å². The van der Waals surface area contributed by atoms with Crippen LogP contribution in [0, 0.1) is 6.92 Å². The van der Waals surface area contributed by atoms with Crippen molar-refractivity contribution in [3.05, 3.63) is 52.4 Å². The lowest BCUT2D eigenvalue weighted by Crippen LogP contribution is -2.21. The maximum atomic E-state index is 12.6. The Labute approximate surface area is 122 Å². The van der Waals surface area contributed by atoms with E-state index in [0.29, 0.717) is 11.4 Å². The first-order valence-corrected chi connectivity index (χ1v) is 6.65. The number of imidazole rings is 1.